The van der Waals surface area contributed by atoms with Crippen LogP contribution in [0.15, 0.2) is 59.1 Å². The fourth-order valence-corrected chi connectivity index (χ4v) is 3.37. The number of hydrogen-bond acceptors (Lipinski definition) is 6. The van der Waals surface area contributed by atoms with Gasteiger partial charge in [0.1, 0.15) is 12.4 Å². The summed E-state index contributed by atoms with van der Waals surface area (Å²) in [5.41, 5.74) is 0.832. The highest BCUT2D eigenvalue weighted by Gasteiger charge is 2.53. The van der Waals surface area contributed by atoms with E-state index >= 15 is 0 Å². The average Bonchev–Trinajstić information content (AvgIpc) is 3.46. The Morgan fingerprint density at radius 3 is 2.53 bits per heavy atom. The molecule has 0 aliphatic heterocycles. The normalized spacial score (nSPS) is 14.1. The van der Waals surface area contributed by atoms with Gasteiger partial charge in [0.15, 0.2) is 17.3 Å². The molecule has 1 aromatic heterocycles. The van der Waals surface area contributed by atoms with Gasteiger partial charge in [-0.25, -0.2) is 0 Å². The summed E-state index contributed by atoms with van der Waals surface area (Å²) in [6.45, 7) is 0.831. The Kier molecular flexibility index (Phi) is 5.61. The summed E-state index contributed by atoms with van der Waals surface area (Å²) in [4.78, 5) is 12.8. The van der Waals surface area contributed by atoms with Crippen molar-refractivity contribution >= 4 is 5.91 Å². The van der Waals surface area contributed by atoms with E-state index in [0.717, 1.165) is 24.2 Å². The van der Waals surface area contributed by atoms with E-state index in [1.54, 1.807) is 14.2 Å². The molecule has 156 valence electrons. The molecule has 0 unspecified atom stereocenters. The fourth-order valence-electron chi connectivity index (χ4n) is 3.37. The van der Waals surface area contributed by atoms with Crippen molar-refractivity contribution < 1.29 is 23.5 Å². The van der Waals surface area contributed by atoms with Gasteiger partial charge in [0, 0.05) is 11.6 Å². The van der Waals surface area contributed by atoms with E-state index in [1.165, 1.54) is 0 Å². The number of hydrogen-bond donors (Lipinski definition) is 1. The van der Waals surface area contributed by atoms with Crippen LogP contribution in [-0.4, -0.2) is 38.4 Å². The molecule has 7 heteroatoms. The van der Waals surface area contributed by atoms with Gasteiger partial charge in [-0.05, 0) is 43.2 Å². The van der Waals surface area contributed by atoms with Crippen LogP contribution in [0.4, 0.5) is 0 Å². The summed E-state index contributed by atoms with van der Waals surface area (Å²) >= 11 is 0. The second kappa shape index (κ2) is 8.49. The molecular weight excluding hydrogens is 384 g/mol. The highest BCUT2D eigenvalue weighted by Crippen LogP contribution is 2.48. The highest BCUT2D eigenvalue weighted by molar-refractivity contribution is 5.91. The zero-order valence-electron chi connectivity index (χ0n) is 17.0. The molecule has 7 nitrogen and oxygen atoms in total. The van der Waals surface area contributed by atoms with Gasteiger partial charge < -0.3 is 24.1 Å². The van der Waals surface area contributed by atoms with E-state index in [0.29, 0.717) is 36.1 Å². The Morgan fingerprint density at radius 2 is 1.83 bits per heavy atom. The maximum absolute atomic E-state index is 12.8. The van der Waals surface area contributed by atoms with Crippen LogP contribution in [0.25, 0.3) is 11.3 Å². The molecule has 1 fully saturated rings. The van der Waals surface area contributed by atoms with E-state index in [9.17, 15) is 4.79 Å². The lowest BCUT2D eigenvalue weighted by atomic mass is 10.0. The Labute approximate surface area is 174 Å². The Hall–Kier alpha value is -3.48. The van der Waals surface area contributed by atoms with Crippen LogP contribution in [0.5, 0.6) is 17.2 Å². The molecule has 4 rings (SSSR count). The second-order valence-corrected chi connectivity index (χ2v) is 7.15. The minimum atomic E-state index is -0.620. The van der Waals surface area contributed by atoms with Crippen LogP contribution in [0.2, 0.25) is 0 Å². The van der Waals surface area contributed by atoms with Crippen molar-refractivity contribution in [2.75, 3.05) is 27.4 Å². The number of methoxy groups -OCH3 is 2. The van der Waals surface area contributed by atoms with Crippen molar-refractivity contribution in [3.63, 3.8) is 0 Å². The van der Waals surface area contributed by atoms with Crippen molar-refractivity contribution in [2.45, 2.75) is 18.3 Å². The molecule has 2 aromatic carbocycles. The number of ether oxygens (including phenoxy) is 3. The Morgan fingerprint density at radius 1 is 1.07 bits per heavy atom. The van der Waals surface area contributed by atoms with Gasteiger partial charge in [-0.3, -0.25) is 4.79 Å². The van der Waals surface area contributed by atoms with Gasteiger partial charge in [0.2, 0.25) is 5.91 Å². The molecule has 1 aliphatic carbocycles. The number of rotatable bonds is 9. The number of para-hydroxylation sites is 1. The largest absolute Gasteiger partial charge is 0.493 e. The molecule has 1 heterocycles. The van der Waals surface area contributed by atoms with Gasteiger partial charge >= 0.3 is 0 Å². The number of aromatic nitrogens is 1. The van der Waals surface area contributed by atoms with Gasteiger partial charge in [-0.1, -0.05) is 23.4 Å². The van der Waals surface area contributed by atoms with Crippen LogP contribution < -0.4 is 19.5 Å². The zero-order valence-corrected chi connectivity index (χ0v) is 17.0. The van der Waals surface area contributed by atoms with Gasteiger partial charge in [-0.2, -0.15) is 0 Å². The molecule has 1 N–H and O–H groups in total. The summed E-state index contributed by atoms with van der Waals surface area (Å²) in [7, 11) is 3.17. The van der Waals surface area contributed by atoms with E-state index in [1.807, 2.05) is 54.6 Å². The number of nitrogens with zero attached hydrogens (tertiary/aromatic N) is 1. The van der Waals surface area contributed by atoms with E-state index in [4.69, 9.17) is 18.7 Å². The first-order chi connectivity index (χ1) is 14.7. The SMILES string of the molecule is COc1ccc(-c2cc(C3(C(=O)NCCOc4ccccc4)CC3)no2)cc1OC. The minimum absolute atomic E-state index is 0.0497. The van der Waals surface area contributed by atoms with E-state index in [2.05, 4.69) is 10.5 Å². The lowest BCUT2D eigenvalue weighted by Gasteiger charge is -2.13. The summed E-state index contributed by atoms with van der Waals surface area (Å²) in [6.07, 6.45) is 1.49. The zero-order chi connectivity index (χ0) is 21.0. The number of benzene rings is 2. The standard InChI is InChI=1S/C23H24N2O5/c1-27-18-9-8-16(14-20(18)28-2)19-15-21(25-30-19)23(10-11-23)22(26)24-12-13-29-17-6-4-3-5-7-17/h3-9,14-15H,10-13H2,1-2H3,(H,24,26). The highest BCUT2D eigenvalue weighted by atomic mass is 16.5. The van der Waals surface area contributed by atoms with Gasteiger partial charge in [0.05, 0.1) is 31.9 Å². The summed E-state index contributed by atoms with van der Waals surface area (Å²) in [5, 5.41) is 7.14. The number of carbonyl (C=O) groups excluding carboxylic acids is 1. The van der Waals surface area contributed by atoms with Crippen molar-refractivity contribution in [1.82, 2.24) is 10.5 Å². The van der Waals surface area contributed by atoms with Gasteiger partial charge in [-0.15, -0.1) is 0 Å². The van der Waals surface area contributed by atoms with E-state index in [-0.39, 0.29) is 5.91 Å². The quantitative estimate of drug-likeness (QED) is 0.545. The van der Waals surface area contributed by atoms with Gasteiger partial charge in [0.25, 0.3) is 0 Å². The molecular formula is C23H24N2O5. The van der Waals surface area contributed by atoms with Crippen molar-refractivity contribution in [3.8, 4) is 28.6 Å². The molecule has 1 aliphatic rings. The van der Waals surface area contributed by atoms with Crippen LogP contribution >= 0.6 is 0 Å². The predicted octanol–water partition coefficient (Wildman–Crippen LogP) is 3.59. The first-order valence-electron chi connectivity index (χ1n) is 9.82. The summed E-state index contributed by atoms with van der Waals surface area (Å²) in [6, 6.07) is 16.8. The van der Waals surface area contributed by atoms with Crippen LogP contribution in [0.1, 0.15) is 18.5 Å². The lowest BCUT2D eigenvalue weighted by Crippen LogP contribution is -2.37. The van der Waals surface area contributed by atoms with E-state index < -0.39 is 5.41 Å². The molecule has 0 radical (unpaired) electrons. The van der Waals surface area contributed by atoms with Crippen molar-refractivity contribution in [3.05, 3.63) is 60.3 Å². The summed E-state index contributed by atoms with van der Waals surface area (Å²) in [5.74, 6) is 2.55. The lowest BCUT2D eigenvalue weighted by molar-refractivity contribution is -0.123. The molecule has 0 spiro atoms. The number of carbonyl (C=O) groups is 1. The summed E-state index contributed by atoms with van der Waals surface area (Å²) < 4.78 is 21.8. The minimum Gasteiger partial charge on any atom is -0.493 e. The second-order valence-electron chi connectivity index (χ2n) is 7.15. The molecule has 1 saturated carbocycles. The van der Waals surface area contributed by atoms with Crippen molar-refractivity contribution in [2.24, 2.45) is 0 Å². The molecule has 0 atom stereocenters. The topological polar surface area (TPSA) is 82.8 Å². The monoisotopic (exact) mass is 408 g/mol. The molecule has 30 heavy (non-hydrogen) atoms. The molecule has 0 saturated heterocycles. The van der Waals surface area contributed by atoms with Crippen LogP contribution in [-0.2, 0) is 10.2 Å². The molecule has 1 amide bonds. The number of amides is 1. The maximum atomic E-state index is 12.8. The Bertz CT molecular complexity index is 1010. The smallest absolute Gasteiger partial charge is 0.232 e. The third-order valence-electron chi connectivity index (χ3n) is 5.25. The maximum Gasteiger partial charge on any atom is 0.232 e. The fraction of sp³-hybridized carbons (Fsp3) is 0.304. The number of nitrogens with one attached hydrogen (secondary N) is 1. The molecule has 0 bridgehead atoms. The first kappa shape index (κ1) is 19.8. The van der Waals surface area contributed by atoms with Crippen LogP contribution in [0.3, 0.4) is 0 Å². The third-order valence-corrected chi connectivity index (χ3v) is 5.25. The van der Waals surface area contributed by atoms with Crippen molar-refractivity contribution in [1.29, 1.82) is 0 Å². The average molecular weight is 408 g/mol. The predicted molar refractivity (Wildman–Crippen MR) is 111 cm³/mol. The third kappa shape index (κ3) is 3.96. The Balaban J connectivity index is 1.39. The first-order valence-corrected chi connectivity index (χ1v) is 9.82. The van der Waals surface area contributed by atoms with Crippen LogP contribution in [0, 0.1) is 0 Å². The molecule has 3 aromatic rings.